The highest BCUT2D eigenvalue weighted by Crippen LogP contribution is 2.33. The number of methoxy groups -OCH3 is 1. The van der Waals surface area contributed by atoms with Crippen LogP contribution in [0.2, 0.25) is 0 Å². The van der Waals surface area contributed by atoms with E-state index in [1.54, 1.807) is 7.11 Å². The van der Waals surface area contributed by atoms with E-state index in [0.717, 1.165) is 36.8 Å². The quantitative estimate of drug-likeness (QED) is 0.739. The molecule has 1 aliphatic rings. The lowest BCUT2D eigenvalue weighted by Gasteiger charge is -2.18. The largest absolute Gasteiger partial charge is 0.497 e. The Balaban J connectivity index is 1.81. The second-order valence-electron chi connectivity index (χ2n) is 4.66. The van der Waals surface area contributed by atoms with Gasteiger partial charge in [0.25, 0.3) is 0 Å². The van der Waals surface area contributed by atoms with E-state index in [1.165, 1.54) is 0 Å². The molecule has 2 rings (SSSR count). The molecule has 0 aliphatic carbocycles. The number of carbonyl (C=O) groups excluding carboxylic acids is 1. The Hall–Kier alpha value is -2.11. The standard InChI is InChI=1S/C14H22N4O2/c1-3-6-15-14(19)16-7-8-18-10-17-12-9-11(20-2)4-5-13(12)18/h4-5,9,17H,3,6-8,10H2,1-2H3,(H2,15,16,19). The van der Waals surface area contributed by atoms with Crippen molar-refractivity contribution in [3.8, 4) is 5.75 Å². The van der Waals surface area contributed by atoms with Crippen LogP contribution in [0.5, 0.6) is 5.75 Å². The number of nitrogens with zero attached hydrogens (tertiary/aromatic N) is 1. The molecule has 0 radical (unpaired) electrons. The predicted octanol–water partition coefficient (Wildman–Crippen LogP) is 1.59. The molecule has 2 amide bonds. The molecule has 0 bridgehead atoms. The second-order valence-corrected chi connectivity index (χ2v) is 4.66. The topological polar surface area (TPSA) is 65.6 Å². The van der Waals surface area contributed by atoms with Gasteiger partial charge in [0, 0.05) is 25.7 Å². The summed E-state index contributed by atoms with van der Waals surface area (Å²) in [5.41, 5.74) is 2.21. The maximum atomic E-state index is 11.4. The minimum absolute atomic E-state index is 0.103. The number of carbonyl (C=O) groups is 1. The lowest BCUT2D eigenvalue weighted by molar-refractivity contribution is 0.241. The number of nitrogens with one attached hydrogen (secondary N) is 3. The third-order valence-corrected chi connectivity index (χ3v) is 3.21. The normalized spacial score (nSPS) is 12.6. The first kappa shape index (κ1) is 14.3. The second kappa shape index (κ2) is 6.88. The Morgan fingerprint density at radius 1 is 1.40 bits per heavy atom. The van der Waals surface area contributed by atoms with Crippen LogP contribution in [0.25, 0.3) is 0 Å². The van der Waals surface area contributed by atoms with Gasteiger partial charge in [0.2, 0.25) is 0 Å². The van der Waals surface area contributed by atoms with E-state index in [1.807, 2.05) is 25.1 Å². The summed E-state index contributed by atoms with van der Waals surface area (Å²) < 4.78 is 5.20. The van der Waals surface area contributed by atoms with Crippen molar-refractivity contribution in [1.29, 1.82) is 0 Å². The summed E-state index contributed by atoms with van der Waals surface area (Å²) in [6.45, 7) is 4.87. The molecular weight excluding hydrogens is 256 g/mol. The maximum absolute atomic E-state index is 11.4. The SMILES string of the molecule is CCCNC(=O)NCCN1CNc2cc(OC)ccc21. The third kappa shape index (κ3) is 3.46. The monoisotopic (exact) mass is 278 g/mol. The van der Waals surface area contributed by atoms with Crippen molar-refractivity contribution in [3.05, 3.63) is 18.2 Å². The van der Waals surface area contributed by atoms with Gasteiger partial charge in [-0.25, -0.2) is 4.79 Å². The molecule has 110 valence electrons. The first-order valence-electron chi connectivity index (χ1n) is 6.93. The Bertz CT molecular complexity index is 464. The zero-order chi connectivity index (χ0) is 14.4. The molecule has 1 aliphatic heterocycles. The molecule has 1 heterocycles. The van der Waals surface area contributed by atoms with Crippen LogP contribution in [-0.2, 0) is 0 Å². The average Bonchev–Trinajstić information content (AvgIpc) is 2.87. The van der Waals surface area contributed by atoms with Crippen LogP contribution in [0.1, 0.15) is 13.3 Å². The smallest absolute Gasteiger partial charge is 0.314 e. The first-order valence-corrected chi connectivity index (χ1v) is 6.93. The van der Waals surface area contributed by atoms with Crippen molar-refractivity contribution in [2.45, 2.75) is 13.3 Å². The maximum Gasteiger partial charge on any atom is 0.314 e. The average molecular weight is 278 g/mol. The lowest BCUT2D eigenvalue weighted by atomic mass is 10.2. The van der Waals surface area contributed by atoms with Gasteiger partial charge in [-0.05, 0) is 18.6 Å². The number of rotatable bonds is 6. The zero-order valence-corrected chi connectivity index (χ0v) is 12.0. The number of ether oxygens (including phenoxy) is 1. The van der Waals surface area contributed by atoms with Crippen LogP contribution in [0.3, 0.4) is 0 Å². The molecule has 1 aromatic carbocycles. The predicted molar refractivity (Wildman–Crippen MR) is 80.5 cm³/mol. The molecule has 20 heavy (non-hydrogen) atoms. The highest BCUT2D eigenvalue weighted by Gasteiger charge is 2.18. The van der Waals surface area contributed by atoms with Crippen molar-refractivity contribution >= 4 is 17.4 Å². The Morgan fingerprint density at radius 2 is 2.20 bits per heavy atom. The number of hydrogen-bond donors (Lipinski definition) is 3. The summed E-state index contributed by atoms with van der Waals surface area (Å²) in [4.78, 5) is 13.6. The van der Waals surface area contributed by atoms with Crippen LogP contribution in [-0.4, -0.2) is 39.4 Å². The third-order valence-electron chi connectivity index (χ3n) is 3.21. The van der Waals surface area contributed by atoms with E-state index in [9.17, 15) is 4.79 Å². The Morgan fingerprint density at radius 3 is 2.95 bits per heavy atom. The fourth-order valence-electron chi connectivity index (χ4n) is 2.13. The van der Waals surface area contributed by atoms with E-state index in [4.69, 9.17) is 4.74 Å². The zero-order valence-electron chi connectivity index (χ0n) is 12.0. The van der Waals surface area contributed by atoms with Crippen molar-refractivity contribution in [1.82, 2.24) is 10.6 Å². The summed E-state index contributed by atoms with van der Waals surface area (Å²) in [7, 11) is 1.66. The van der Waals surface area contributed by atoms with Crippen LogP contribution < -0.4 is 25.6 Å². The molecule has 0 saturated heterocycles. The number of fused-ring (bicyclic) bond motifs is 1. The summed E-state index contributed by atoms with van der Waals surface area (Å²) in [5, 5.41) is 8.96. The van der Waals surface area contributed by atoms with E-state index < -0.39 is 0 Å². The molecule has 6 heteroatoms. The van der Waals surface area contributed by atoms with Crippen molar-refractivity contribution in [2.24, 2.45) is 0 Å². The van der Waals surface area contributed by atoms with Crippen molar-refractivity contribution in [3.63, 3.8) is 0 Å². The van der Waals surface area contributed by atoms with Crippen LogP contribution in [0.15, 0.2) is 18.2 Å². The fraction of sp³-hybridized carbons (Fsp3) is 0.500. The molecular formula is C14H22N4O2. The lowest BCUT2D eigenvalue weighted by Crippen LogP contribution is -2.40. The minimum atomic E-state index is -0.103. The van der Waals surface area contributed by atoms with Gasteiger partial charge < -0.3 is 25.6 Å². The first-order chi connectivity index (χ1) is 9.74. The van der Waals surface area contributed by atoms with Gasteiger partial charge in [-0.2, -0.15) is 0 Å². The number of anilines is 2. The van der Waals surface area contributed by atoms with Crippen molar-refractivity contribution < 1.29 is 9.53 Å². The molecule has 3 N–H and O–H groups in total. The van der Waals surface area contributed by atoms with Crippen LogP contribution in [0.4, 0.5) is 16.2 Å². The van der Waals surface area contributed by atoms with Gasteiger partial charge in [0.05, 0.1) is 25.2 Å². The van der Waals surface area contributed by atoms with E-state index in [0.29, 0.717) is 13.1 Å². The Kier molecular flexibility index (Phi) is 4.92. The Labute approximate surface area is 119 Å². The van der Waals surface area contributed by atoms with Gasteiger partial charge in [0.15, 0.2) is 0 Å². The molecule has 0 fully saturated rings. The summed E-state index contributed by atoms with van der Waals surface area (Å²) in [5.74, 6) is 0.843. The molecule has 0 aromatic heterocycles. The number of urea groups is 1. The molecule has 0 unspecified atom stereocenters. The highest BCUT2D eigenvalue weighted by molar-refractivity contribution is 5.76. The molecule has 1 aromatic rings. The van der Waals surface area contributed by atoms with Crippen LogP contribution in [0, 0.1) is 0 Å². The van der Waals surface area contributed by atoms with Gasteiger partial charge in [0.1, 0.15) is 5.75 Å². The van der Waals surface area contributed by atoms with E-state index in [-0.39, 0.29) is 6.03 Å². The summed E-state index contributed by atoms with van der Waals surface area (Å²) in [6, 6.07) is 5.86. The van der Waals surface area contributed by atoms with Gasteiger partial charge in [-0.1, -0.05) is 6.92 Å². The molecule has 0 spiro atoms. The van der Waals surface area contributed by atoms with Gasteiger partial charge in [-0.15, -0.1) is 0 Å². The molecule has 0 atom stereocenters. The number of amides is 2. The molecule has 0 saturated carbocycles. The van der Waals surface area contributed by atoms with Gasteiger partial charge in [-0.3, -0.25) is 0 Å². The molecule has 6 nitrogen and oxygen atoms in total. The van der Waals surface area contributed by atoms with Gasteiger partial charge >= 0.3 is 6.03 Å². The fourth-order valence-corrected chi connectivity index (χ4v) is 2.13. The summed E-state index contributed by atoms with van der Waals surface area (Å²) >= 11 is 0. The highest BCUT2D eigenvalue weighted by atomic mass is 16.5. The number of hydrogen-bond acceptors (Lipinski definition) is 4. The minimum Gasteiger partial charge on any atom is -0.497 e. The van der Waals surface area contributed by atoms with E-state index >= 15 is 0 Å². The van der Waals surface area contributed by atoms with Crippen LogP contribution >= 0.6 is 0 Å². The number of benzene rings is 1. The van der Waals surface area contributed by atoms with E-state index in [2.05, 4.69) is 20.9 Å². The van der Waals surface area contributed by atoms with Crippen molar-refractivity contribution in [2.75, 3.05) is 43.6 Å². The summed E-state index contributed by atoms with van der Waals surface area (Å²) in [6.07, 6.45) is 0.943.